The van der Waals surface area contributed by atoms with Gasteiger partial charge in [0.15, 0.2) is 0 Å². The second-order valence-corrected chi connectivity index (χ2v) is 7.06. The smallest absolute Gasteiger partial charge is 0.228 e. The van der Waals surface area contributed by atoms with E-state index >= 15 is 0 Å². The molecule has 1 N–H and O–H groups in total. The van der Waals surface area contributed by atoms with Crippen molar-refractivity contribution in [3.63, 3.8) is 0 Å². The minimum absolute atomic E-state index is 0.0636. The molecule has 5 heteroatoms. The predicted octanol–water partition coefficient (Wildman–Crippen LogP) is 3.21. The van der Waals surface area contributed by atoms with Gasteiger partial charge in [-0.05, 0) is 31.4 Å². The van der Waals surface area contributed by atoms with Crippen molar-refractivity contribution in [1.82, 2.24) is 9.88 Å². The number of benzene rings is 1. The van der Waals surface area contributed by atoms with E-state index in [1.165, 1.54) is 12.8 Å². The lowest BCUT2D eigenvalue weighted by Crippen LogP contribution is -2.34. The van der Waals surface area contributed by atoms with Gasteiger partial charge in [0.05, 0.1) is 23.0 Å². The summed E-state index contributed by atoms with van der Waals surface area (Å²) in [4.78, 5) is 31.5. The Morgan fingerprint density at radius 1 is 1.00 bits per heavy atom. The molecule has 2 amide bonds. The van der Waals surface area contributed by atoms with Gasteiger partial charge < -0.3 is 10.2 Å². The number of rotatable bonds is 3. The molecule has 2 aliphatic rings. The Labute approximate surface area is 147 Å². The Kier molecular flexibility index (Phi) is 4.38. The zero-order valence-electron chi connectivity index (χ0n) is 14.3. The van der Waals surface area contributed by atoms with Crippen molar-refractivity contribution in [1.29, 1.82) is 0 Å². The van der Waals surface area contributed by atoms with Crippen LogP contribution in [0.25, 0.3) is 10.9 Å². The van der Waals surface area contributed by atoms with Gasteiger partial charge in [0.1, 0.15) is 0 Å². The molecular weight excluding hydrogens is 314 g/mol. The number of nitrogens with zero attached hydrogens (tertiary/aromatic N) is 2. The minimum atomic E-state index is -0.199. The summed E-state index contributed by atoms with van der Waals surface area (Å²) < 4.78 is 0. The fraction of sp³-hybridized carbons (Fsp3) is 0.450. The number of hydrogen-bond acceptors (Lipinski definition) is 3. The van der Waals surface area contributed by atoms with Gasteiger partial charge in [0.25, 0.3) is 0 Å². The highest BCUT2D eigenvalue weighted by atomic mass is 16.2. The first-order valence-electron chi connectivity index (χ1n) is 9.17. The number of amides is 2. The van der Waals surface area contributed by atoms with Gasteiger partial charge in [-0.2, -0.15) is 0 Å². The Hall–Kier alpha value is -2.43. The molecule has 2 aromatic rings. The summed E-state index contributed by atoms with van der Waals surface area (Å²) in [6.07, 6.45) is 6.95. The number of para-hydroxylation sites is 1. The normalized spacial score (nSPS) is 23.1. The van der Waals surface area contributed by atoms with E-state index in [4.69, 9.17) is 0 Å². The van der Waals surface area contributed by atoms with Crippen LogP contribution in [0, 0.1) is 11.8 Å². The van der Waals surface area contributed by atoms with Crippen LogP contribution in [0.2, 0.25) is 0 Å². The van der Waals surface area contributed by atoms with E-state index in [9.17, 15) is 9.59 Å². The Morgan fingerprint density at radius 2 is 1.76 bits per heavy atom. The molecule has 4 rings (SSSR count). The van der Waals surface area contributed by atoms with Crippen LogP contribution in [0.5, 0.6) is 0 Å². The molecule has 1 aromatic carbocycles. The average molecular weight is 337 g/mol. The summed E-state index contributed by atoms with van der Waals surface area (Å²) in [5.74, 6) is -0.236. The standard InChI is InChI=1S/C20H23N3O2/c24-19(22-17-9-5-7-14-8-6-10-21-18(14)17)15-13-16(15)20(25)23-11-3-1-2-4-12-23/h5-10,15-16H,1-4,11-13H2,(H,22,24). The molecule has 0 radical (unpaired) electrons. The fourth-order valence-electron chi connectivity index (χ4n) is 3.71. The van der Waals surface area contributed by atoms with Crippen molar-refractivity contribution < 1.29 is 9.59 Å². The highest BCUT2D eigenvalue weighted by Gasteiger charge is 2.49. The molecule has 1 saturated carbocycles. The highest BCUT2D eigenvalue weighted by molar-refractivity contribution is 6.04. The molecule has 1 aliphatic heterocycles. The van der Waals surface area contributed by atoms with Gasteiger partial charge in [-0.1, -0.05) is 31.0 Å². The summed E-state index contributed by atoms with van der Waals surface area (Å²) in [6, 6.07) is 9.60. The maximum Gasteiger partial charge on any atom is 0.228 e. The molecule has 2 fully saturated rings. The largest absolute Gasteiger partial charge is 0.342 e. The summed E-state index contributed by atoms with van der Waals surface area (Å²) in [5.41, 5.74) is 1.50. The van der Waals surface area contributed by atoms with E-state index in [-0.39, 0.29) is 23.7 Å². The van der Waals surface area contributed by atoms with Crippen LogP contribution >= 0.6 is 0 Å². The first kappa shape index (κ1) is 16.1. The number of fused-ring (bicyclic) bond motifs is 1. The number of carbonyl (C=O) groups excluding carboxylic acids is 2. The molecule has 2 heterocycles. The van der Waals surface area contributed by atoms with Gasteiger partial charge >= 0.3 is 0 Å². The van der Waals surface area contributed by atoms with Gasteiger partial charge in [-0.3, -0.25) is 14.6 Å². The number of anilines is 1. The van der Waals surface area contributed by atoms with Crippen LogP contribution in [0.3, 0.4) is 0 Å². The molecule has 0 bridgehead atoms. The average Bonchev–Trinajstić information content (AvgIpc) is 3.45. The van der Waals surface area contributed by atoms with Crippen molar-refractivity contribution in [3.8, 4) is 0 Å². The Bertz CT molecular complexity index is 791. The first-order valence-corrected chi connectivity index (χ1v) is 9.17. The lowest BCUT2D eigenvalue weighted by Gasteiger charge is -2.20. The number of pyridine rings is 1. The number of likely N-dealkylation sites (tertiary alicyclic amines) is 1. The Morgan fingerprint density at radius 3 is 2.56 bits per heavy atom. The molecule has 1 aliphatic carbocycles. The number of carbonyl (C=O) groups is 2. The van der Waals surface area contributed by atoms with E-state index in [0.29, 0.717) is 6.42 Å². The SMILES string of the molecule is O=C(Nc1cccc2cccnc12)C1CC1C(=O)N1CCCCCC1. The second-order valence-electron chi connectivity index (χ2n) is 7.06. The van der Waals surface area contributed by atoms with Crippen LogP contribution in [0.1, 0.15) is 32.1 Å². The van der Waals surface area contributed by atoms with Crippen molar-refractivity contribution in [3.05, 3.63) is 36.5 Å². The third-order valence-electron chi connectivity index (χ3n) is 5.25. The van der Waals surface area contributed by atoms with Gasteiger partial charge in [0, 0.05) is 24.7 Å². The number of nitrogens with one attached hydrogen (secondary N) is 1. The third kappa shape index (κ3) is 3.36. The molecule has 0 spiro atoms. The zero-order chi connectivity index (χ0) is 17.2. The predicted molar refractivity (Wildman–Crippen MR) is 97.0 cm³/mol. The summed E-state index contributed by atoms with van der Waals surface area (Å²) in [5, 5.41) is 3.97. The van der Waals surface area contributed by atoms with E-state index in [0.717, 1.165) is 42.5 Å². The monoisotopic (exact) mass is 337 g/mol. The van der Waals surface area contributed by atoms with Crippen molar-refractivity contribution in [2.45, 2.75) is 32.1 Å². The van der Waals surface area contributed by atoms with Crippen LogP contribution in [-0.2, 0) is 9.59 Å². The zero-order valence-corrected chi connectivity index (χ0v) is 14.3. The highest BCUT2D eigenvalue weighted by Crippen LogP contribution is 2.41. The lowest BCUT2D eigenvalue weighted by molar-refractivity contribution is -0.134. The van der Waals surface area contributed by atoms with Crippen LogP contribution < -0.4 is 5.32 Å². The second kappa shape index (κ2) is 6.82. The van der Waals surface area contributed by atoms with Crippen LogP contribution in [-0.4, -0.2) is 34.8 Å². The van der Waals surface area contributed by atoms with Gasteiger partial charge in [-0.15, -0.1) is 0 Å². The van der Waals surface area contributed by atoms with Crippen LogP contribution in [0.4, 0.5) is 5.69 Å². The number of hydrogen-bond donors (Lipinski definition) is 1. The summed E-state index contributed by atoms with van der Waals surface area (Å²) in [6.45, 7) is 1.69. The maximum absolute atomic E-state index is 12.6. The van der Waals surface area contributed by atoms with E-state index in [1.807, 2.05) is 35.2 Å². The van der Waals surface area contributed by atoms with E-state index in [1.54, 1.807) is 6.20 Å². The third-order valence-corrected chi connectivity index (χ3v) is 5.25. The molecule has 2 atom stereocenters. The van der Waals surface area contributed by atoms with Gasteiger partial charge in [-0.25, -0.2) is 0 Å². The molecule has 25 heavy (non-hydrogen) atoms. The maximum atomic E-state index is 12.6. The molecule has 130 valence electrons. The van der Waals surface area contributed by atoms with Crippen molar-refractivity contribution >= 4 is 28.4 Å². The van der Waals surface area contributed by atoms with Crippen LogP contribution in [0.15, 0.2) is 36.5 Å². The lowest BCUT2D eigenvalue weighted by atomic mass is 10.2. The van der Waals surface area contributed by atoms with E-state index < -0.39 is 0 Å². The van der Waals surface area contributed by atoms with Crippen molar-refractivity contribution in [2.24, 2.45) is 11.8 Å². The molecule has 5 nitrogen and oxygen atoms in total. The molecule has 1 saturated heterocycles. The molecular formula is C20H23N3O2. The Balaban J connectivity index is 1.41. The topological polar surface area (TPSA) is 62.3 Å². The van der Waals surface area contributed by atoms with Crippen molar-refractivity contribution in [2.75, 3.05) is 18.4 Å². The van der Waals surface area contributed by atoms with Gasteiger partial charge in [0.2, 0.25) is 11.8 Å². The summed E-state index contributed by atoms with van der Waals surface area (Å²) >= 11 is 0. The first-order chi connectivity index (χ1) is 12.2. The number of aromatic nitrogens is 1. The quantitative estimate of drug-likeness (QED) is 0.935. The fourth-order valence-corrected chi connectivity index (χ4v) is 3.71. The summed E-state index contributed by atoms with van der Waals surface area (Å²) in [7, 11) is 0. The van der Waals surface area contributed by atoms with E-state index in [2.05, 4.69) is 10.3 Å². The minimum Gasteiger partial charge on any atom is -0.342 e. The molecule has 1 aromatic heterocycles. The molecule has 2 unspecified atom stereocenters.